The first-order chi connectivity index (χ1) is 6.83. The average molecular weight is 196 g/mol. The third-order valence-electron chi connectivity index (χ3n) is 1.85. The minimum absolute atomic E-state index is 0.261. The van der Waals surface area contributed by atoms with Gasteiger partial charge in [-0.15, -0.1) is 0 Å². The summed E-state index contributed by atoms with van der Waals surface area (Å²) in [5, 5.41) is 9.03. The van der Waals surface area contributed by atoms with Crippen LogP contribution in [-0.4, -0.2) is 25.4 Å². The fourth-order valence-electron chi connectivity index (χ4n) is 1.08. The molecule has 1 aromatic carbocycles. The van der Waals surface area contributed by atoms with Gasteiger partial charge in [-0.05, 0) is 37.1 Å². The Morgan fingerprint density at radius 2 is 1.71 bits per heavy atom. The van der Waals surface area contributed by atoms with Crippen molar-refractivity contribution in [2.45, 2.75) is 12.8 Å². The van der Waals surface area contributed by atoms with Crippen LogP contribution in [0.15, 0.2) is 24.3 Å². The maximum Gasteiger partial charge on any atom is 0.119 e. The molecule has 0 bridgehead atoms. The Hall–Kier alpha value is -1.22. The highest BCUT2D eigenvalue weighted by atomic mass is 16.5. The fraction of sp³-hybridized carbons (Fsp3) is 0.455. The number of rotatable bonds is 6. The second kappa shape index (κ2) is 6.27. The molecule has 0 aliphatic carbocycles. The molecule has 0 heterocycles. The largest absolute Gasteiger partial charge is 0.508 e. The predicted molar refractivity (Wildman–Crippen MR) is 54.7 cm³/mol. The van der Waals surface area contributed by atoms with Gasteiger partial charge in [-0.1, -0.05) is 0 Å². The Kier molecular flexibility index (Phi) is 4.86. The summed E-state index contributed by atoms with van der Waals surface area (Å²) in [5.41, 5.74) is 0. The first-order valence-corrected chi connectivity index (χ1v) is 4.73. The Morgan fingerprint density at radius 3 is 2.36 bits per heavy atom. The summed E-state index contributed by atoms with van der Waals surface area (Å²) in [4.78, 5) is 0. The molecule has 3 nitrogen and oxygen atoms in total. The summed E-state index contributed by atoms with van der Waals surface area (Å²) >= 11 is 0. The van der Waals surface area contributed by atoms with Crippen LogP contribution in [0.25, 0.3) is 0 Å². The molecule has 0 aromatic heterocycles. The van der Waals surface area contributed by atoms with Gasteiger partial charge in [-0.2, -0.15) is 0 Å². The summed E-state index contributed by atoms with van der Waals surface area (Å²) in [6.45, 7) is 1.47. The summed E-state index contributed by atoms with van der Waals surface area (Å²) in [6, 6.07) is 6.74. The molecule has 0 amide bonds. The van der Waals surface area contributed by atoms with Crippen molar-refractivity contribution in [3.63, 3.8) is 0 Å². The Balaban J connectivity index is 2.15. The lowest BCUT2D eigenvalue weighted by molar-refractivity contribution is 0.184. The van der Waals surface area contributed by atoms with Gasteiger partial charge < -0.3 is 14.6 Å². The maximum absolute atomic E-state index is 9.03. The minimum atomic E-state index is 0.261. The van der Waals surface area contributed by atoms with E-state index in [2.05, 4.69) is 0 Å². The maximum atomic E-state index is 9.03. The fourth-order valence-corrected chi connectivity index (χ4v) is 1.08. The van der Waals surface area contributed by atoms with E-state index in [1.807, 2.05) is 0 Å². The van der Waals surface area contributed by atoms with Crippen molar-refractivity contribution in [3.05, 3.63) is 24.3 Å². The van der Waals surface area contributed by atoms with E-state index in [0.29, 0.717) is 6.61 Å². The predicted octanol–water partition coefficient (Wildman–Crippen LogP) is 2.20. The van der Waals surface area contributed by atoms with Crippen molar-refractivity contribution in [1.82, 2.24) is 0 Å². The van der Waals surface area contributed by atoms with E-state index < -0.39 is 0 Å². The summed E-state index contributed by atoms with van der Waals surface area (Å²) in [7, 11) is 1.70. The number of phenolic OH excluding ortho intramolecular Hbond substituents is 1. The van der Waals surface area contributed by atoms with Gasteiger partial charge in [-0.25, -0.2) is 0 Å². The first-order valence-electron chi connectivity index (χ1n) is 4.73. The standard InChI is InChI=1S/C11H16O3/c1-13-8-2-3-9-14-11-6-4-10(12)5-7-11/h4-7,12H,2-3,8-9H2,1H3. The van der Waals surface area contributed by atoms with Gasteiger partial charge in [0, 0.05) is 13.7 Å². The number of aromatic hydroxyl groups is 1. The Labute approximate surface area is 84.3 Å². The highest BCUT2D eigenvalue weighted by Crippen LogP contribution is 2.15. The number of hydrogen-bond acceptors (Lipinski definition) is 3. The third-order valence-corrected chi connectivity index (χ3v) is 1.85. The van der Waals surface area contributed by atoms with Gasteiger partial charge in [0.05, 0.1) is 6.61 Å². The molecule has 0 radical (unpaired) electrons. The molecule has 0 atom stereocenters. The number of methoxy groups -OCH3 is 1. The summed E-state index contributed by atoms with van der Waals surface area (Å²) in [6.07, 6.45) is 1.99. The van der Waals surface area contributed by atoms with Gasteiger partial charge >= 0.3 is 0 Å². The molecule has 0 aliphatic heterocycles. The molecule has 0 aliphatic rings. The van der Waals surface area contributed by atoms with E-state index in [0.717, 1.165) is 25.2 Å². The number of ether oxygens (including phenoxy) is 2. The molecule has 78 valence electrons. The van der Waals surface area contributed by atoms with Crippen molar-refractivity contribution in [2.24, 2.45) is 0 Å². The van der Waals surface area contributed by atoms with Gasteiger partial charge in [0.2, 0.25) is 0 Å². The lowest BCUT2D eigenvalue weighted by atomic mass is 10.3. The van der Waals surface area contributed by atoms with Crippen molar-refractivity contribution < 1.29 is 14.6 Å². The number of hydrogen-bond donors (Lipinski definition) is 1. The SMILES string of the molecule is COCCCCOc1ccc(O)cc1. The summed E-state index contributed by atoms with van der Waals surface area (Å²) in [5.74, 6) is 1.05. The Bertz CT molecular complexity index is 243. The molecule has 1 N–H and O–H groups in total. The zero-order valence-corrected chi connectivity index (χ0v) is 8.40. The lowest BCUT2D eigenvalue weighted by Crippen LogP contribution is -1.99. The van der Waals surface area contributed by atoms with Gasteiger partial charge in [0.25, 0.3) is 0 Å². The lowest BCUT2D eigenvalue weighted by Gasteiger charge is -2.05. The molecule has 1 aromatic rings. The van der Waals surface area contributed by atoms with Crippen LogP contribution >= 0.6 is 0 Å². The average Bonchev–Trinajstić information content (AvgIpc) is 2.21. The van der Waals surface area contributed by atoms with Crippen LogP contribution in [0.3, 0.4) is 0 Å². The zero-order valence-electron chi connectivity index (χ0n) is 8.40. The van der Waals surface area contributed by atoms with Crippen molar-refractivity contribution in [1.29, 1.82) is 0 Å². The van der Waals surface area contributed by atoms with Crippen molar-refractivity contribution in [2.75, 3.05) is 20.3 Å². The van der Waals surface area contributed by atoms with Crippen molar-refractivity contribution in [3.8, 4) is 11.5 Å². The zero-order chi connectivity index (χ0) is 10.2. The molecule has 0 unspecified atom stereocenters. The van der Waals surface area contributed by atoms with Crippen LogP contribution in [0.5, 0.6) is 11.5 Å². The van der Waals surface area contributed by atoms with E-state index in [1.54, 1.807) is 31.4 Å². The minimum Gasteiger partial charge on any atom is -0.508 e. The van der Waals surface area contributed by atoms with E-state index in [1.165, 1.54) is 0 Å². The second-order valence-electron chi connectivity index (χ2n) is 3.04. The molecule has 0 saturated carbocycles. The molecule has 0 spiro atoms. The van der Waals surface area contributed by atoms with Crippen LogP contribution in [0, 0.1) is 0 Å². The monoisotopic (exact) mass is 196 g/mol. The van der Waals surface area contributed by atoms with Crippen LogP contribution in [0.1, 0.15) is 12.8 Å². The van der Waals surface area contributed by atoms with E-state index in [9.17, 15) is 0 Å². The molecular weight excluding hydrogens is 180 g/mol. The summed E-state index contributed by atoms with van der Waals surface area (Å²) < 4.78 is 10.4. The Morgan fingerprint density at radius 1 is 1.07 bits per heavy atom. The van der Waals surface area contributed by atoms with Crippen LogP contribution in [0.4, 0.5) is 0 Å². The van der Waals surface area contributed by atoms with Crippen LogP contribution in [-0.2, 0) is 4.74 Å². The smallest absolute Gasteiger partial charge is 0.119 e. The molecule has 0 fully saturated rings. The molecule has 1 rings (SSSR count). The number of benzene rings is 1. The third kappa shape index (κ3) is 4.14. The number of unbranched alkanes of at least 4 members (excludes halogenated alkanes) is 1. The van der Waals surface area contributed by atoms with Crippen LogP contribution < -0.4 is 4.74 Å². The highest BCUT2D eigenvalue weighted by molar-refractivity contribution is 5.29. The van der Waals surface area contributed by atoms with Gasteiger partial charge in [0.1, 0.15) is 11.5 Å². The van der Waals surface area contributed by atoms with E-state index >= 15 is 0 Å². The van der Waals surface area contributed by atoms with Crippen molar-refractivity contribution >= 4 is 0 Å². The first kappa shape index (κ1) is 10.9. The molecule has 0 saturated heterocycles. The highest BCUT2D eigenvalue weighted by Gasteiger charge is 1.93. The van der Waals surface area contributed by atoms with E-state index in [-0.39, 0.29) is 5.75 Å². The van der Waals surface area contributed by atoms with Gasteiger partial charge in [-0.3, -0.25) is 0 Å². The molecule has 14 heavy (non-hydrogen) atoms. The van der Waals surface area contributed by atoms with E-state index in [4.69, 9.17) is 14.6 Å². The van der Waals surface area contributed by atoms with Gasteiger partial charge in [0.15, 0.2) is 0 Å². The quantitative estimate of drug-likeness (QED) is 0.709. The number of phenols is 1. The molecular formula is C11H16O3. The molecule has 3 heteroatoms. The second-order valence-corrected chi connectivity index (χ2v) is 3.04. The normalized spacial score (nSPS) is 10.1. The van der Waals surface area contributed by atoms with Crippen LogP contribution in [0.2, 0.25) is 0 Å². The topological polar surface area (TPSA) is 38.7 Å².